The Labute approximate surface area is 265 Å². The molecule has 0 saturated carbocycles. The molecule has 0 aliphatic rings. The fourth-order valence-corrected chi connectivity index (χ4v) is 4.19. The van der Waals surface area contributed by atoms with Gasteiger partial charge in [-0.2, -0.15) is 0 Å². The molecule has 0 radical (unpaired) electrons. The number of allylic oxidation sites excluding steroid dienone is 4. The quantitative estimate of drug-likeness (QED) is 0.0833. The normalized spacial score (nSPS) is 11.5. The Kier molecular flexibility index (Phi) is 21.6. The zero-order chi connectivity index (χ0) is 26.7. The summed E-state index contributed by atoms with van der Waals surface area (Å²) in [4.78, 5) is 24.5. The van der Waals surface area contributed by atoms with Gasteiger partial charge in [-0.1, -0.05) is 69.9 Å². The van der Waals surface area contributed by atoms with Crippen molar-refractivity contribution >= 4 is 22.1 Å². The van der Waals surface area contributed by atoms with Crippen LogP contribution in [0.15, 0.2) is 47.4 Å². The number of unbranched alkanes of at least 4 members (excludes halogenated alkanes) is 8. The second kappa shape index (κ2) is 22.0. The van der Waals surface area contributed by atoms with Crippen LogP contribution in [-0.2, 0) is 19.6 Å². The first kappa shape index (κ1) is 36.2. The zero-order valence-electron chi connectivity index (χ0n) is 22.7. The van der Waals surface area contributed by atoms with Crippen molar-refractivity contribution in [2.45, 2.75) is 95.8 Å². The van der Waals surface area contributed by atoms with Gasteiger partial charge in [-0.25, -0.2) is 18.0 Å². The topological polar surface area (TPSA) is 110 Å². The molecule has 202 valence electrons. The molecule has 0 fully saturated rings. The molecule has 9 heteroatoms. The van der Waals surface area contributed by atoms with Crippen molar-refractivity contribution < 1.29 is 83.4 Å². The summed E-state index contributed by atoms with van der Waals surface area (Å²) in [5.41, 5.74) is -0.855. The molecule has 0 N–H and O–H groups in total. The smallest absolute Gasteiger partial charge is 0.744 e. The number of hydrogen-bond acceptors (Lipinski definition) is 7. The molecule has 7 nitrogen and oxygen atoms in total. The van der Waals surface area contributed by atoms with Crippen molar-refractivity contribution in [2.24, 2.45) is 0 Å². The first-order valence-corrected chi connectivity index (χ1v) is 14.5. The molecule has 0 aliphatic carbocycles. The molecule has 0 unspecified atom stereocenters. The Morgan fingerprint density at radius 1 is 0.757 bits per heavy atom. The van der Waals surface area contributed by atoms with Gasteiger partial charge in [0, 0.05) is 0 Å². The third-order valence-electron chi connectivity index (χ3n) is 5.50. The van der Waals surface area contributed by atoms with Crippen LogP contribution in [0.1, 0.15) is 112 Å². The minimum Gasteiger partial charge on any atom is -0.744 e. The Bertz CT molecular complexity index is 955. The number of carbonyl (C=O) groups excluding carboxylic acids is 2. The molecule has 0 aliphatic heterocycles. The molecule has 0 spiro atoms. The minimum atomic E-state index is -5.01. The number of hydrogen-bond donors (Lipinski definition) is 0. The maximum absolute atomic E-state index is 12.7. The van der Waals surface area contributed by atoms with Gasteiger partial charge in [0.1, 0.15) is 10.1 Å². The van der Waals surface area contributed by atoms with Gasteiger partial charge in [0.2, 0.25) is 0 Å². The predicted molar refractivity (Wildman–Crippen MR) is 140 cm³/mol. The van der Waals surface area contributed by atoms with Crippen molar-refractivity contribution in [1.82, 2.24) is 0 Å². The van der Waals surface area contributed by atoms with E-state index in [1.165, 1.54) is 31.4 Å². The maximum Gasteiger partial charge on any atom is 1.00 e. The summed E-state index contributed by atoms with van der Waals surface area (Å²) in [6.07, 6.45) is 19.8. The van der Waals surface area contributed by atoms with E-state index in [9.17, 15) is 22.6 Å². The fraction of sp³-hybridized carbons (Fsp3) is 0.571. The molecule has 0 amide bonds. The second-order valence-electron chi connectivity index (χ2n) is 8.62. The molecule has 1 rings (SSSR count). The van der Waals surface area contributed by atoms with Gasteiger partial charge in [0.05, 0.1) is 29.2 Å². The van der Waals surface area contributed by atoms with E-state index in [4.69, 9.17) is 9.47 Å². The Morgan fingerprint density at radius 3 is 1.68 bits per heavy atom. The van der Waals surface area contributed by atoms with Crippen molar-refractivity contribution in [3.63, 3.8) is 0 Å². The molecule has 0 aromatic heterocycles. The number of esters is 2. The summed E-state index contributed by atoms with van der Waals surface area (Å²) in [6, 6.07) is 3.50. The summed E-state index contributed by atoms with van der Waals surface area (Å²) >= 11 is 0. The van der Waals surface area contributed by atoms with Gasteiger partial charge in [-0.15, -0.1) is 0 Å². The van der Waals surface area contributed by atoms with E-state index in [0.717, 1.165) is 44.6 Å². The van der Waals surface area contributed by atoms with Crippen molar-refractivity contribution in [3.8, 4) is 0 Å². The SMILES string of the molecule is CCCCC/C=C/CCCOC(=O)c1cccc(S(=O)(=O)[O-])c1C(=O)OCCC/C=C/CCCCC.[K+]. The van der Waals surface area contributed by atoms with Crippen LogP contribution in [0.25, 0.3) is 0 Å². The van der Waals surface area contributed by atoms with Crippen LogP contribution < -0.4 is 51.4 Å². The molecule has 1 aromatic carbocycles. The standard InChI is InChI=1S/C28H42O7S.K/c1-3-5-7-9-11-13-15-17-22-34-27(29)24-20-19-21-25(36(31,32)33)26(24)28(30)35-23-18-16-14-12-10-8-6-4-2;/h11-14,19-21H,3-10,15-18,22-23H2,1-2H3,(H,31,32,33);/q;+1/p-1/b13-11+,14-12+;. The van der Waals surface area contributed by atoms with E-state index < -0.39 is 32.5 Å². The molecular weight excluding hydrogens is 519 g/mol. The average molecular weight is 561 g/mol. The average Bonchev–Trinajstić information content (AvgIpc) is 2.85. The summed E-state index contributed by atoms with van der Waals surface area (Å²) < 4.78 is 45.7. The van der Waals surface area contributed by atoms with Gasteiger partial charge in [-0.05, 0) is 63.5 Å². The van der Waals surface area contributed by atoms with E-state index in [1.807, 2.05) is 12.2 Å². The first-order chi connectivity index (χ1) is 17.3. The number of carbonyl (C=O) groups is 2. The van der Waals surface area contributed by atoms with Crippen LogP contribution in [-0.4, -0.2) is 38.1 Å². The molecule has 0 saturated heterocycles. The van der Waals surface area contributed by atoms with Crippen LogP contribution >= 0.6 is 0 Å². The molecule has 37 heavy (non-hydrogen) atoms. The van der Waals surface area contributed by atoms with Gasteiger partial charge >= 0.3 is 63.3 Å². The molecular formula is C28H41KO7S. The predicted octanol–water partition coefficient (Wildman–Crippen LogP) is 3.74. The molecule has 0 atom stereocenters. The van der Waals surface area contributed by atoms with Gasteiger partial charge in [0.25, 0.3) is 0 Å². The summed E-state index contributed by atoms with van der Waals surface area (Å²) in [5, 5.41) is 0. The summed E-state index contributed by atoms with van der Waals surface area (Å²) in [7, 11) is -5.01. The van der Waals surface area contributed by atoms with Crippen molar-refractivity contribution in [1.29, 1.82) is 0 Å². The van der Waals surface area contributed by atoms with Crippen molar-refractivity contribution in [3.05, 3.63) is 53.6 Å². The van der Waals surface area contributed by atoms with Gasteiger partial charge in [-0.3, -0.25) is 0 Å². The summed E-state index contributed by atoms with van der Waals surface area (Å²) in [6.45, 7) is 4.44. The maximum atomic E-state index is 12.7. The first-order valence-electron chi connectivity index (χ1n) is 13.1. The van der Waals surface area contributed by atoms with Crippen LogP contribution in [0.5, 0.6) is 0 Å². The van der Waals surface area contributed by atoms with Crippen LogP contribution in [0.3, 0.4) is 0 Å². The van der Waals surface area contributed by atoms with E-state index in [2.05, 4.69) is 26.0 Å². The van der Waals surface area contributed by atoms with Crippen LogP contribution in [0.2, 0.25) is 0 Å². The number of ether oxygens (including phenoxy) is 2. The zero-order valence-corrected chi connectivity index (χ0v) is 26.6. The van der Waals surface area contributed by atoms with Gasteiger partial charge < -0.3 is 14.0 Å². The Balaban J connectivity index is 0.0000130. The third-order valence-corrected chi connectivity index (χ3v) is 6.38. The van der Waals surface area contributed by atoms with E-state index >= 15 is 0 Å². The third kappa shape index (κ3) is 16.0. The van der Waals surface area contributed by atoms with Crippen LogP contribution in [0, 0.1) is 0 Å². The monoisotopic (exact) mass is 560 g/mol. The summed E-state index contributed by atoms with van der Waals surface area (Å²) in [5.74, 6) is -1.90. The van der Waals surface area contributed by atoms with Crippen LogP contribution in [0.4, 0.5) is 0 Å². The van der Waals surface area contributed by atoms with Gasteiger partial charge in [0.15, 0.2) is 0 Å². The number of rotatable bonds is 19. The fourth-order valence-electron chi connectivity index (χ4n) is 3.50. The number of benzene rings is 1. The second-order valence-corrected chi connectivity index (χ2v) is 9.97. The molecule has 1 aromatic rings. The Hall–Kier alpha value is -0.814. The molecule has 0 bridgehead atoms. The largest absolute Gasteiger partial charge is 1.00 e. The Morgan fingerprint density at radius 2 is 1.22 bits per heavy atom. The van der Waals surface area contributed by atoms with E-state index in [0.29, 0.717) is 19.3 Å². The van der Waals surface area contributed by atoms with Crippen molar-refractivity contribution in [2.75, 3.05) is 13.2 Å². The van der Waals surface area contributed by atoms with E-state index in [-0.39, 0.29) is 70.2 Å². The van der Waals surface area contributed by atoms with E-state index in [1.54, 1.807) is 0 Å². The minimum absolute atomic E-state index is 0. The molecule has 0 heterocycles.